The average molecular weight is 915 g/mol. The fourth-order valence-corrected chi connectivity index (χ4v) is 9.17. The molecule has 0 N–H and O–H groups in total. The molecule has 0 radical (unpaired) electrons. The van der Waals surface area contributed by atoms with Gasteiger partial charge < -0.3 is 14.5 Å². The van der Waals surface area contributed by atoms with Crippen LogP contribution in [-0.4, -0.2) is 71.6 Å². The number of hydrogen-bond acceptors (Lipinski definition) is 9. The molecule has 62 heavy (non-hydrogen) atoms. The van der Waals surface area contributed by atoms with Gasteiger partial charge in [0.15, 0.2) is 0 Å². The van der Waals surface area contributed by atoms with E-state index in [9.17, 15) is 9.59 Å². The van der Waals surface area contributed by atoms with Crippen molar-refractivity contribution >= 4 is 91.7 Å². The molecular formula is C45H44Cl4N10O3. The molecule has 6 heterocycles. The largest absolute Gasteiger partial charge is 0.497 e. The number of ether oxygens (including phenoxy) is 1. The molecule has 0 saturated carbocycles. The zero-order chi connectivity index (χ0) is 42.9. The molecule has 8 aromatic rings. The molecule has 17 heteroatoms. The first-order chi connectivity index (χ1) is 30.2. The van der Waals surface area contributed by atoms with Gasteiger partial charge in [0.2, 0.25) is 23.5 Å². The molecule has 0 atom stereocenters. The Bertz CT molecular complexity index is 3040. The number of anilines is 2. The molecule has 2 saturated heterocycles. The Kier molecular flexibility index (Phi) is 12.3. The minimum absolute atomic E-state index is 0.129. The predicted molar refractivity (Wildman–Crippen MR) is 249 cm³/mol. The first-order valence-corrected chi connectivity index (χ1v) is 22.4. The van der Waals surface area contributed by atoms with Crippen LogP contribution in [0.1, 0.15) is 62.5 Å². The summed E-state index contributed by atoms with van der Waals surface area (Å²) in [6, 6.07) is 23.8. The molecule has 2 aliphatic rings. The van der Waals surface area contributed by atoms with Crippen molar-refractivity contribution in [1.82, 2.24) is 38.3 Å². The summed E-state index contributed by atoms with van der Waals surface area (Å²) in [5.74, 6) is 3.34. The van der Waals surface area contributed by atoms with Crippen LogP contribution < -0.4 is 25.7 Å². The molecule has 0 spiro atoms. The lowest BCUT2D eigenvalue weighted by molar-refractivity contribution is 0.414. The van der Waals surface area contributed by atoms with Crippen LogP contribution in [0, 0.1) is 0 Å². The van der Waals surface area contributed by atoms with Gasteiger partial charge in [0, 0.05) is 36.2 Å². The number of halogens is 4. The molecule has 4 aromatic heterocycles. The summed E-state index contributed by atoms with van der Waals surface area (Å²) < 4.78 is 12.5. The lowest BCUT2D eigenvalue weighted by Crippen LogP contribution is -2.28. The standard InChI is InChI=1S/C23H24ClN5O2.C22H20Cl3N5O/c1-31-18-9-6-16(7-10-18)15-28-21(30)19-14-17(24)8-11-20(19)29-22(25-26-23(28)29)27-12-4-2-3-5-13-27;23-15-6-8-19-16(12-15)20(31)29(13-14-5-7-17(24)18(25)11-14)22-27-26-21(30(19)22)28-9-3-1-2-4-10-28/h6-11,14H,2-5,12-13,15H2,1H3;5-8,11-12H,1-4,9-10,13H2. The van der Waals surface area contributed by atoms with Crippen molar-refractivity contribution in [2.45, 2.75) is 64.5 Å². The molecule has 0 bridgehead atoms. The van der Waals surface area contributed by atoms with Crippen LogP contribution in [0.5, 0.6) is 5.75 Å². The third kappa shape index (κ3) is 8.31. The van der Waals surface area contributed by atoms with Gasteiger partial charge in [-0.05, 0) is 97.5 Å². The van der Waals surface area contributed by atoms with Gasteiger partial charge in [0.1, 0.15) is 5.75 Å². The Balaban J connectivity index is 0.000000158. The summed E-state index contributed by atoms with van der Waals surface area (Å²) in [5, 5.41) is 21.0. The maximum absolute atomic E-state index is 13.4. The summed E-state index contributed by atoms with van der Waals surface area (Å²) in [6.07, 6.45) is 9.37. The van der Waals surface area contributed by atoms with E-state index in [4.69, 9.17) is 51.1 Å². The molecule has 13 nitrogen and oxygen atoms in total. The highest BCUT2D eigenvalue weighted by molar-refractivity contribution is 6.42. The van der Waals surface area contributed by atoms with Crippen molar-refractivity contribution in [3.8, 4) is 5.75 Å². The molecule has 0 amide bonds. The van der Waals surface area contributed by atoms with Gasteiger partial charge in [-0.2, -0.15) is 0 Å². The Labute approximate surface area is 377 Å². The second-order valence-electron chi connectivity index (χ2n) is 15.8. The Morgan fingerprint density at radius 2 is 0.968 bits per heavy atom. The van der Waals surface area contributed by atoms with E-state index < -0.39 is 0 Å². The molecule has 2 fully saturated rings. The molecule has 10 rings (SSSR count). The summed E-state index contributed by atoms with van der Waals surface area (Å²) in [5.41, 5.74) is 3.05. The predicted octanol–water partition coefficient (Wildman–Crippen LogP) is 9.57. The van der Waals surface area contributed by atoms with E-state index in [0.717, 1.165) is 91.7 Å². The SMILES string of the molecule is COc1ccc(Cn2c(=O)c3cc(Cl)ccc3n3c(N4CCCCCC4)nnc23)cc1.O=c1c2cc(Cl)ccc2n2c(N3CCCCCC3)nnc2n1Cc1ccc(Cl)c(Cl)c1. The smallest absolute Gasteiger partial charge is 0.263 e. The second-order valence-corrected chi connectivity index (χ2v) is 17.5. The van der Waals surface area contributed by atoms with Crippen molar-refractivity contribution in [3.63, 3.8) is 0 Å². The highest BCUT2D eigenvalue weighted by Gasteiger charge is 2.24. The normalized spacial score (nSPS) is 14.9. The number of benzene rings is 4. The molecular weight excluding hydrogens is 870 g/mol. The number of rotatable bonds is 7. The monoisotopic (exact) mass is 912 g/mol. The Hall–Kier alpha value is -5.34. The van der Waals surface area contributed by atoms with Crippen LogP contribution in [0.15, 0.2) is 88.5 Å². The van der Waals surface area contributed by atoms with Crippen molar-refractivity contribution in [3.05, 3.63) is 131 Å². The second kappa shape index (κ2) is 18.2. The van der Waals surface area contributed by atoms with E-state index in [1.54, 1.807) is 46.6 Å². The molecule has 0 unspecified atom stereocenters. The zero-order valence-electron chi connectivity index (χ0n) is 34.1. The number of aromatic nitrogens is 8. The van der Waals surface area contributed by atoms with E-state index in [1.807, 2.05) is 57.3 Å². The maximum Gasteiger partial charge on any atom is 0.263 e. The van der Waals surface area contributed by atoms with E-state index in [-0.39, 0.29) is 11.1 Å². The van der Waals surface area contributed by atoms with Crippen molar-refractivity contribution in [1.29, 1.82) is 0 Å². The molecule has 320 valence electrons. The maximum atomic E-state index is 13.4. The third-order valence-electron chi connectivity index (χ3n) is 11.7. The van der Waals surface area contributed by atoms with Crippen LogP contribution >= 0.6 is 46.4 Å². The van der Waals surface area contributed by atoms with Crippen molar-refractivity contribution < 1.29 is 4.74 Å². The van der Waals surface area contributed by atoms with Gasteiger partial charge in [-0.1, -0.05) is 90.3 Å². The number of fused-ring (bicyclic) bond motifs is 6. The summed E-state index contributed by atoms with van der Waals surface area (Å²) in [4.78, 5) is 31.4. The highest BCUT2D eigenvalue weighted by Crippen LogP contribution is 2.28. The van der Waals surface area contributed by atoms with Crippen molar-refractivity contribution in [2.75, 3.05) is 43.1 Å². The number of hydrogen-bond donors (Lipinski definition) is 0. The lowest BCUT2D eigenvalue weighted by Gasteiger charge is -2.21. The van der Waals surface area contributed by atoms with Gasteiger partial charge in [-0.3, -0.25) is 18.7 Å². The van der Waals surface area contributed by atoms with E-state index in [0.29, 0.717) is 55.5 Å². The average Bonchev–Trinajstić information content (AvgIpc) is 3.69. The van der Waals surface area contributed by atoms with Crippen LogP contribution in [0.25, 0.3) is 33.4 Å². The summed E-state index contributed by atoms with van der Waals surface area (Å²) >= 11 is 24.8. The number of methoxy groups -OCH3 is 1. The zero-order valence-corrected chi connectivity index (χ0v) is 37.1. The first kappa shape index (κ1) is 42.0. The van der Waals surface area contributed by atoms with E-state index in [2.05, 4.69) is 30.2 Å². The topological polar surface area (TPSA) is 120 Å². The molecule has 2 aliphatic heterocycles. The minimum Gasteiger partial charge on any atom is -0.497 e. The van der Waals surface area contributed by atoms with Gasteiger partial charge in [-0.15, -0.1) is 20.4 Å². The fraction of sp³-hybridized carbons (Fsp3) is 0.333. The summed E-state index contributed by atoms with van der Waals surface area (Å²) in [6.45, 7) is 4.39. The Morgan fingerprint density at radius 3 is 1.42 bits per heavy atom. The fourth-order valence-electron chi connectivity index (χ4n) is 8.51. The van der Waals surface area contributed by atoms with Crippen LogP contribution in [0.4, 0.5) is 11.9 Å². The minimum atomic E-state index is -0.175. The van der Waals surface area contributed by atoms with Gasteiger partial charge in [0.05, 0.1) is 52.1 Å². The van der Waals surface area contributed by atoms with Crippen LogP contribution in [-0.2, 0) is 13.1 Å². The lowest BCUT2D eigenvalue weighted by atomic mass is 10.2. The third-order valence-corrected chi connectivity index (χ3v) is 12.9. The van der Waals surface area contributed by atoms with Gasteiger partial charge >= 0.3 is 0 Å². The van der Waals surface area contributed by atoms with Crippen LogP contribution in [0.2, 0.25) is 20.1 Å². The Morgan fingerprint density at radius 1 is 0.516 bits per heavy atom. The van der Waals surface area contributed by atoms with Gasteiger partial charge in [0.25, 0.3) is 11.1 Å². The van der Waals surface area contributed by atoms with Crippen LogP contribution in [0.3, 0.4) is 0 Å². The van der Waals surface area contributed by atoms with Gasteiger partial charge in [-0.25, -0.2) is 8.80 Å². The van der Waals surface area contributed by atoms with E-state index >= 15 is 0 Å². The quantitative estimate of drug-likeness (QED) is 0.154. The summed E-state index contributed by atoms with van der Waals surface area (Å²) in [7, 11) is 1.64. The number of nitrogens with zero attached hydrogens (tertiary/aromatic N) is 10. The first-order valence-electron chi connectivity index (χ1n) is 20.9. The highest BCUT2D eigenvalue weighted by atomic mass is 35.5. The molecule has 4 aromatic carbocycles. The van der Waals surface area contributed by atoms with E-state index in [1.165, 1.54) is 25.7 Å². The molecule has 0 aliphatic carbocycles. The van der Waals surface area contributed by atoms with Crippen molar-refractivity contribution in [2.24, 2.45) is 0 Å².